The Morgan fingerprint density at radius 1 is 0.925 bits per heavy atom. The van der Waals surface area contributed by atoms with Crippen LogP contribution in [0.5, 0.6) is 5.75 Å². The summed E-state index contributed by atoms with van der Waals surface area (Å²) in [7, 11) is 2.83. The number of esters is 1. The van der Waals surface area contributed by atoms with Gasteiger partial charge in [-0.3, -0.25) is 9.59 Å². The third-order valence-electron chi connectivity index (χ3n) is 7.78. The summed E-state index contributed by atoms with van der Waals surface area (Å²) in [5.74, 6) is 1.22. The normalized spacial score (nSPS) is 19.2. The van der Waals surface area contributed by atoms with Crippen LogP contribution in [0.25, 0.3) is 0 Å². The summed E-state index contributed by atoms with van der Waals surface area (Å²) in [6.07, 6.45) is 1.27. The van der Waals surface area contributed by atoms with E-state index in [1.165, 1.54) is 14.2 Å². The standard InChI is InChI=1S/C27H37FN8O4/c1-4-40-21-8-6-5-7-20(21)33-13-15-35(16-14-33)25-30-24(34-11-9-19(10-12-34)22(37)39-3)31-26(32-25)36-17-27(28,18-36)23(38)29-2/h5-8,19H,4,9-18H2,1-3H3,(H,29,38). The summed E-state index contributed by atoms with van der Waals surface area (Å²) in [5.41, 5.74) is -0.913. The average Bonchev–Trinajstić information content (AvgIpc) is 2.99. The van der Waals surface area contributed by atoms with Crippen molar-refractivity contribution in [3.8, 4) is 5.75 Å². The molecule has 216 valence electrons. The maximum absolute atomic E-state index is 15.0. The van der Waals surface area contributed by atoms with Gasteiger partial charge in [0, 0.05) is 46.3 Å². The Morgan fingerprint density at radius 2 is 1.48 bits per heavy atom. The molecule has 4 heterocycles. The first kappa shape index (κ1) is 27.7. The molecule has 0 spiro atoms. The molecule has 1 amide bonds. The van der Waals surface area contributed by atoms with E-state index in [0.717, 1.165) is 24.5 Å². The minimum absolute atomic E-state index is 0.123. The molecule has 12 nitrogen and oxygen atoms in total. The summed E-state index contributed by atoms with van der Waals surface area (Å²) in [4.78, 5) is 46.3. The Kier molecular flexibility index (Phi) is 8.08. The molecule has 0 atom stereocenters. The van der Waals surface area contributed by atoms with Crippen LogP contribution in [0.3, 0.4) is 0 Å². The van der Waals surface area contributed by atoms with E-state index in [0.29, 0.717) is 63.5 Å². The van der Waals surface area contributed by atoms with Gasteiger partial charge in [0.2, 0.25) is 23.5 Å². The van der Waals surface area contributed by atoms with Crippen molar-refractivity contribution >= 4 is 35.4 Å². The van der Waals surface area contributed by atoms with Gasteiger partial charge in [0.1, 0.15) is 5.75 Å². The van der Waals surface area contributed by atoms with Gasteiger partial charge in [-0.2, -0.15) is 15.0 Å². The fraction of sp³-hybridized carbons (Fsp3) is 0.593. The molecule has 40 heavy (non-hydrogen) atoms. The van der Waals surface area contributed by atoms with Crippen LogP contribution in [-0.4, -0.2) is 106 Å². The van der Waals surface area contributed by atoms with Crippen LogP contribution in [-0.2, 0) is 14.3 Å². The lowest BCUT2D eigenvalue weighted by atomic mass is 9.96. The number of anilines is 4. The van der Waals surface area contributed by atoms with Crippen molar-refractivity contribution in [3.63, 3.8) is 0 Å². The molecule has 3 fully saturated rings. The summed E-state index contributed by atoms with van der Waals surface area (Å²) in [6, 6.07) is 8.03. The quantitative estimate of drug-likeness (QED) is 0.474. The number of hydrogen-bond acceptors (Lipinski definition) is 11. The Balaban J connectivity index is 1.34. The number of amides is 1. The van der Waals surface area contributed by atoms with Gasteiger partial charge in [0.15, 0.2) is 0 Å². The van der Waals surface area contributed by atoms with Gasteiger partial charge in [-0.05, 0) is 31.9 Å². The minimum atomic E-state index is -1.97. The molecule has 1 N–H and O–H groups in total. The third-order valence-corrected chi connectivity index (χ3v) is 7.78. The monoisotopic (exact) mass is 556 g/mol. The number of para-hydroxylation sites is 2. The molecule has 3 aliphatic heterocycles. The predicted molar refractivity (Wildman–Crippen MR) is 149 cm³/mol. The Morgan fingerprint density at radius 3 is 2.05 bits per heavy atom. The highest BCUT2D eigenvalue weighted by Crippen LogP contribution is 2.33. The Hall–Kier alpha value is -3.90. The van der Waals surface area contributed by atoms with Crippen LogP contribution in [0.4, 0.5) is 27.9 Å². The first-order valence-corrected chi connectivity index (χ1v) is 13.8. The number of nitrogens with zero attached hydrogens (tertiary/aromatic N) is 7. The molecule has 0 unspecified atom stereocenters. The number of alkyl halides is 1. The SMILES string of the molecule is CCOc1ccccc1N1CCN(c2nc(N3CCC(C(=O)OC)CC3)nc(N3CC(F)(C(=O)NC)C3)n2)CC1. The van der Waals surface area contributed by atoms with Gasteiger partial charge in [0.05, 0.1) is 38.4 Å². The molecule has 0 aliphatic carbocycles. The molecule has 2 aromatic rings. The maximum Gasteiger partial charge on any atom is 0.308 e. The van der Waals surface area contributed by atoms with E-state index in [4.69, 9.17) is 19.4 Å². The molecule has 5 rings (SSSR count). The van der Waals surface area contributed by atoms with Crippen molar-refractivity contribution in [1.29, 1.82) is 0 Å². The van der Waals surface area contributed by atoms with Gasteiger partial charge in [-0.15, -0.1) is 0 Å². The van der Waals surface area contributed by atoms with E-state index in [-0.39, 0.29) is 25.0 Å². The number of piperazine rings is 1. The fourth-order valence-electron chi connectivity index (χ4n) is 5.46. The smallest absolute Gasteiger partial charge is 0.308 e. The summed E-state index contributed by atoms with van der Waals surface area (Å²) in [5, 5.41) is 2.39. The zero-order chi connectivity index (χ0) is 28.3. The second-order valence-electron chi connectivity index (χ2n) is 10.3. The highest BCUT2D eigenvalue weighted by molar-refractivity contribution is 5.88. The van der Waals surface area contributed by atoms with Crippen LogP contribution >= 0.6 is 0 Å². The van der Waals surface area contributed by atoms with E-state index in [1.807, 2.05) is 30.0 Å². The summed E-state index contributed by atoms with van der Waals surface area (Å²) < 4.78 is 25.7. The number of rotatable bonds is 8. The van der Waals surface area contributed by atoms with Crippen LogP contribution in [0, 0.1) is 5.92 Å². The molecule has 1 aromatic carbocycles. The molecule has 0 radical (unpaired) electrons. The molecular weight excluding hydrogens is 519 g/mol. The highest BCUT2D eigenvalue weighted by atomic mass is 19.1. The zero-order valence-electron chi connectivity index (χ0n) is 23.3. The van der Waals surface area contributed by atoms with Crippen molar-refractivity contribution in [1.82, 2.24) is 20.3 Å². The zero-order valence-corrected chi connectivity index (χ0v) is 23.3. The molecular formula is C27H37FN8O4. The summed E-state index contributed by atoms with van der Waals surface area (Å²) in [6.45, 7) is 6.37. The summed E-state index contributed by atoms with van der Waals surface area (Å²) >= 11 is 0. The van der Waals surface area contributed by atoms with Gasteiger partial charge < -0.3 is 34.4 Å². The largest absolute Gasteiger partial charge is 0.492 e. The van der Waals surface area contributed by atoms with Crippen molar-refractivity contribution in [3.05, 3.63) is 24.3 Å². The topological polar surface area (TPSA) is 116 Å². The lowest BCUT2D eigenvalue weighted by molar-refractivity contribution is -0.146. The van der Waals surface area contributed by atoms with Gasteiger partial charge >= 0.3 is 5.97 Å². The molecule has 0 bridgehead atoms. The Bertz CT molecular complexity index is 1210. The van der Waals surface area contributed by atoms with Gasteiger partial charge in [0.25, 0.3) is 5.91 Å². The number of ether oxygens (including phenoxy) is 2. The number of piperidine rings is 1. The number of aromatic nitrogens is 3. The van der Waals surface area contributed by atoms with E-state index >= 15 is 0 Å². The van der Waals surface area contributed by atoms with E-state index < -0.39 is 11.6 Å². The van der Waals surface area contributed by atoms with Gasteiger partial charge in [-0.25, -0.2) is 4.39 Å². The van der Waals surface area contributed by atoms with Crippen molar-refractivity contribution in [2.24, 2.45) is 5.92 Å². The van der Waals surface area contributed by atoms with Crippen molar-refractivity contribution < 1.29 is 23.5 Å². The minimum Gasteiger partial charge on any atom is -0.492 e. The molecule has 3 aliphatic rings. The van der Waals surface area contributed by atoms with Crippen LogP contribution in [0.15, 0.2) is 24.3 Å². The number of benzene rings is 1. The lowest BCUT2D eigenvalue weighted by Gasteiger charge is -2.43. The van der Waals surface area contributed by atoms with Crippen LogP contribution < -0.4 is 29.7 Å². The number of methoxy groups -OCH3 is 1. The predicted octanol–water partition coefficient (Wildman–Crippen LogP) is 1.26. The number of hydrogen-bond donors (Lipinski definition) is 1. The number of carbonyl (C=O) groups excluding carboxylic acids is 2. The number of halogens is 1. The molecule has 1 aromatic heterocycles. The third kappa shape index (κ3) is 5.54. The lowest BCUT2D eigenvalue weighted by Crippen LogP contribution is -2.66. The van der Waals surface area contributed by atoms with E-state index in [1.54, 1.807) is 4.90 Å². The van der Waals surface area contributed by atoms with Crippen LogP contribution in [0.2, 0.25) is 0 Å². The average molecular weight is 557 g/mol. The molecule has 0 saturated carbocycles. The Labute approximate surface area is 233 Å². The van der Waals surface area contributed by atoms with Crippen LogP contribution in [0.1, 0.15) is 19.8 Å². The highest BCUT2D eigenvalue weighted by Gasteiger charge is 2.51. The molecule has 3 saturated heterocycles. The first-order chi connectivity index (χ1) is 19.3. The fourth-order valence-corrected chi connectivity index (χ4v) is 5.46. The maximum atomic E-state index is 15.0. The number of nitrogens with one attached hydrogen (secondary N) is 1. The second kappa shape index (κ2) is 11.7. The van der Waals surface area contributed by atoms with E-state index in [2.05, 4.69) is 26.2 Å². The van der Waals surface area contributed by atoms with Crippen molar-refractivity contribution in [2.75, 3.05) is 92.7 Å². The first-order valence-electron chi connectivity index (χ1n) is 13.8. The van der Waals surface area contributed by atoms with Crippen molar-refractivity contribution in [2.45, 2.75) is 25.4 Å². The molecule has 13 heteroatoms. The van der Waals surface area contributed by atoms with Gasteiger partial charge in [-0.1, -0.05) is 12.1 Å². The second-order valence-corrected chi connectivity index (χ2v) is 10.3. The number of carbonyl (C=O) groups is 2. The van der Waals surface area contributed by atoms with E-state index in [9.17, 15) is 14.0 Å².